The van der Waals surface area contributed by atoms with Crippen molar-refractivity contribution in [1.29, 1.82) is 0 Å². The van der Waals surface area contributed by atoms with Crippen molar-refractivity contribution in [3.8, 4) is 0 Å². The Morgan fingerprint density at radius 3 is 0.714 bits per heavy atom. The van der Waals surface area contributed by atoms with Crippen molar-refractivity contribution in [3.63, 3.8) is 0 Å². The summed E-state index contributed by atoms with van der Waals surface area (Å²) >= 11 is 0. The Balaban J connectivity index is -0.0000000257. The monoisotopic (exact) mass is 431 g/mol. The summed E-state index contributed by atoms with van der Waals surface area (Å²) in [6.07, 6.45) is 0. The summed E-state index contributed by atoms with van der Waals surface area (Å²) < 4.78 is 90.0. The van der Waals surface area contributed by atoms with Crippen molar-refractivity contribution < 1.29 is 119 Å². The van der Waals surface area contributed by atoms with Gasteiger partial charge in [0.15, 0.2) is 0 Å². The molecule has 0 heterocycles. The zero-order chi connectivity index (χ0) is 14.9. The van der Waals surface area contributed by atoms with Gasteiger partial charge < -0.3 is 24.4 Å². The van der Waals surface area contributed by atoms with Crippen LogP contribution in [0.25, 0.3) is 0 Å². The minimum Gasteiger partial charge on any atom is -0.759 e. The largest absolute Gasteiger partial charge is 2.00 e. The molecule has 0 aliphatic carbocycles. The molecule has 0 rings (SSSR count). The molecule has 0 aromatic heterocycles. The van der Waals surface area contributed by atoms with Gasteiger partial charge in [-0.25, -0.2) is 16.8 Å². The molecule has 0 spiro atoms. The van der Waals surface area contributed by atoms with E-state index >= 15 is 0 Å². The molecule has 0 radical (unpaired) electrons. The molecular formula is C4H9NNa2NiO10S3. The van der Waals surface area contributed by atoms with Crippen LogP contribution >= 0.6 is 0 Å². The van der Waals surface area contributed by atoms with Crippen LogP contribution in [-0.2, 0) is 47.1 Å². The van der Waals surface area contributed by atoms with Crippen molar-refractivity contribution in [2.24, 2.45) is 0 Å². The van der Waals surface area contributed by atoms with Crippen LogP contribution in [0.2, 0.25) is 0 Å². The molecule has 0 saturated heterocycles. The first-order chi connectivity index (χ1) is 7.12. The van der Waals surface area contributed by atoms with Gasteiger partial charge in [-0.2, -0.15) is 0 Å². The van der Waals surface area contributed by atoms with Gasteiger partial charge in [0.2, 0.25) is 0 Å². The first kappa shape index (κ1) is 43.3. The molecular weight excluding hydrogens is 423 g/mol. The van der Waals surface area contributed by atoms with E-state index in [2.05, 4.69) is 13.2 Å². The molecule has 0 amide bonds. The molecule has 17 heteroatoms. The Morgan fingerprint density at radius 2 is 0.714 bits per heavy atom. The van der Waals surface area contributed by atoms with E-state index in [4.69, 9.17) is 17.5 Å². The molecule has 3 N–H and O–H groups in total. The van der Waals surface area contributed by atoms with E-state index < -0.39 is 30.6 Å². The van der Waals surface area contributed by atoms with Crippen molar-refractivity contribution in [1.82, 2.24) is 6.15 Å². The zero-order valence-electron chi connectivity index (χ0n) is 10.9. The predicted molar refractivity (Wildman–Crippen MR) is 55.3 cm³/mol. The van der Waals surface area contributed by atoms with Crippen molar-refractivity contribution in [3.05, 3.63) is 24.0 Å². The summed E-state index contributed by atoms with van der Waals surface area (Å²) in [4.78, 5) is 0. The van der Waals surface area contributed by atoms with Crippen molar-refractivity contribution in [2.45, 2.75) is 0 Å². The molecule has 0 aromatic carbocycles. The molecule has 21 heavy (non-hydrogen) atoms. The third-order valence-corrected chi connectivity index (χ3v) is 1.22. The van der Waals surface area contributed by atoms with E-state index in [0.717, 1.165) is 0 Å². The minimum atomic E-state index is -5.17. The fraction of sp³-hybridized carbons (Fsp3) is 0. The van der Waals surface area contributed by atoms with Gasteiger partial charge in [0.25, 0.3) is 0 Å². The quantitative estimate of drug-likeness (QED) is 0.245. The summed E-state index contributed by atoms with van der Waals surface area (Å²) in [6.45, 7) is 5.46. The van der Waals surface area contributed by atoms with Crippen LogP contribution in [0, 0.1) is 0 Å². The molecule has 120 valence electrons. The molecule has 0 bridgehead atoms. The molecule has 0 atom stereocenters. The zero-order valence-corrected chi connectivity index (χ0v) is 18.3. The van der Waals surface area contributed by atoms with Crippen LogP contribution < -0.4 is 65.3 Å². The van der Waals surface area contributed by atoms with Crippen LogP contribution in [0.5, 0.6) is 0 Å². The molecule has 0 aromatic rings. The Morgan fingerprint density at radius 1 is 0.667 bits per heavy atom. The minimum absolute atomic E-state index is 0. The van der Waals surface area contributed by atoms with E-state index in [0.29, 0.717) is 10.8 Å². The molecule has 11 nitrogen and oxygen atoms in total. The second kappa shape index (κ2) is 19.7. The fourth-order valence-electron chi connectivity index (χ4n) is 0. The maximum absolute atomic E-state index is 9.33. The Bertz CT molecular complexity index is 474. The molecule has 0 aliphatic heterocycles. The fourth-order valence-corrected chi connectivity index (χ4v) is 0. The SMILES string of the molecule is C=CS(=O)(=O)[O-].C=CS(=O)(=O)[O-].N.O=S(=O)([O-])[O-].[Na+].[Na+].[Ni+2]. The van der Waals surface area contributed by atoms with E-state index in [1.165, 1.54) is 0 Å². The van der Waals surface area contributed by atoms with Gasteiger partial charge in [0, 0.05) is 21.2 Å². The summed E-state index contributed by atoms with van der Waals surface area (Å²) in [5.74, 6) is 0. The molecule has 0 unspecified atom stereocenters. The second-order valence-electron chi connectivity index (χ2n) is 1.73. The first-order valence-corrected chi connectivity index (χ1v) is 7.23. The topological polar surface area (TPSA) is 230 Å². The van der Waals surface area contributed by atoms with Gasteiger partial charge in [0.05, 0.1) is 0 Å². The predicted octanol–water partition coefficient (Wildman–Crippen LogP) is -7.82. The molecule has 0 aliphatic rings. The number of hydrogen-bond acceptors (Lipinski definition) is 11. The summed E-state index contributed by atoms with van der Waals surface area (Å²) in [7, 11) is -13.5. The van der Waals surface area contributed by atoms with Crippen LogP contribution in [0.3, 0.4) is 0 Å². The maximum atomic E-state index is 9.33. The Labute approximate surface area is 177 Å². The first-order valence-electron chi connectivity index (χ1n) is 2.95. The summed E-state index contributed by atoms with van der Waals surface area (Å²) in [6, 6.07) is 0. The van der Waals surface area contributed by atoms with Gasteiger partial charge in [-0.1, -0.05) is 13.2 Å². The molecule has 0 saturated carbocycles. The smallest absolute Gasteiger partial charge is 0.759 e. The van der Waals surface area contributed by atoms with E-state index in [1.807, 2.05) is 0 Å². The molecule has 0 fully saturated rings. The van der Waals surface area contributed by atoms with Gasteiger partial charge in [-0.05, 0) is 0 Å². The number of hydrogen-bond donors (Lipinski definition) is 1. The Hall–Kier alpha value is 1.62. The average Bonchev–Trinajstić information content (AvgIpc) is 2.00. The van der Waals surface area contributed by atoms with Crippen molar-refractivity contribution in [2.75, 3.05) is 0 Å². The van der Waals surface area contributed by atoms with Crippen molar-refractivity contribution >= 4 is 30.6 Å². The van der Waals surface area contributed by atoms with Crippen LogP contribution in [-0.4, -0.2) is 43.5 Å². The van der Waals surface area contributed by atoms with Gasteiger partial charge in [-0.3, -0.25) is 8.42 Å². The van der Waals surface area contributed by atoms with Crippen LogP contribution in [0.15, 0.2) is 24.0 Å². The van der Waals surface area contributed by atoms with Crippen LogP contribution in [0.4, 0.5) is 0 Å². The second-order valence-corrected chi connectivity index (χ2v) is 5.18. The van der Waals surface area contributed by atoms with E-state index in [1.54, 1.807) is 0 Å². The van der Waals surface area contributed by atoms with Gasteiger partial charge in [0.1, 0.15) is 20.2 Å². The van der Waals surface area contributed by atoms with E-state index in [-0.39, 0.29) is 81.8 Å². The van der Waals surface area contributed by atoms with Gasteiger partial charge >= 0.3 is 75.6 Å². The third kappa shape index (κ3) is 143. The standard InChI is InChI=1S/2C2H4O3S.H3N.2Na.Ni.H2O4S/c2*1-2-6(3,4)5;;;;;1-5(2,3)4/h2*2H,1H2,(H,3,4,5);1H3;;;;(H2,1,2,3,4)/q;;;2*+1;+2;/p-4. The van der Waals surface area contributed by atoms with Gasteiger partial charge in [-0.15, -0.1) is 0 Å². The third-order valence-electron chi connectivity index (χ3n) is 0.408. The number of rotatable bonds is 2. The summed E-state index contributed by atoms with van der Waals surface area (Å²) in [5.41, 5.74) is 0. The average molecular weight is 432 g/mol. The van der Waals surface area contributed by atoms with Crippen LogP contribution in [0.1, 0.15) is 0 Å². The maximum Gasteiger partial charge on any atom is 2.00 e. The summed E-state index contributed by atoms with van der Waals surface area (Å²) in [5, 5.41) is 0.708. The normalized spacial score (nSPS) is 8.95. The van der Waals surface area contributed by atoms with E-state index in [9.17, 15) is 25.9 Å². The Kier molecular flexibility index (Phi) is 40.6.